The lowest BCUT2D eigenvalue weighted by Crippen LogP contribution is -2.07. The second-order valence-electron chi connectivity index (χ2n) is 21.5. The molecular weight excluding hydrogens is 966 g/mol. The first-order valence-electron chi connectivity index (χ1n) is 26.1. The number of hydrogen-bond donors (Lipinski definition) is 0. The van der Waals surface area contributed by atoms with Crippen molar-refractivity contribution in [1.29, 1.82) is 10.5 Å². The lowest BCUT2D eigenvalue weighted by Gasteiger charge is -2.20. The summed E-state index contributed by atoms with van der Waals surface area (Å²) in [7, 11) is 0. The molecule has 0 saturated heterocycles. The van der Waals surface area contributed by atoms with Gasteiger partial charge in [-0.15, -0.1) is 0 Å². The van der Waals surface area contributed by atoms with Crippen LogP contribution in [0.25, 0.3) is 111 Å². The minimum Gasteiger partial charge on any atom is -0.309 e. The van der Waals surface area contributed by atoms with E-state index in [9.17, 15) is 10.5 Å². The van der Waals surface area contributed by atoms with E-state index >= 15 is 13.2 Å². The van der Waals surface area contributed by atoms with Crippen LogP contribution in [0.1, 0.15) is 61.2 Å². The predicted molar refractivity (Wildman–Crippen MR) is 315 cm³/mol. The van der Waals surface area contributed by atoms with Crippen LogP contribution in [-0.4, -0.2) is 9.13 Å². The van der Waals surface area contributed by atoms with E-state index < -0.39 is 11.7 Å². The molecule has 12 aromatic rings. The third-order valence-corrected chi connectivity index (χ3v) is 15.2. The number of alkyl halides is 3. The fraction of sp³-hybridized carbons (Fsp3) is 0.127. The highest BCUT2D eigenvalue weighted by Crippen LogP contribution is 2.45. The quantitative estimate of drug-likeness (QED) is 0.160. The molecule has 0 amide bonds. The number of aryl methyl sites for hydroxylation is 8. The summed E-state index contributed by atoms with van der Waals surface area (Å²) in [5.74, 6) is 0. The van der Waals surface area contributed by atoms with Crippen LogP contribution in [0, 0.1) is 78.1 Å². The maximum atomic E-state index is 15.1. The summed E-state index contributed by atoms with van der Waals surface area (Å²) in [6.07, 6.45) is -4.76. The Kier molecular flexibility index (Phi) is 11.8. The minimum absolute atomic E-state index is 0.134. The molecular formula is C71H53F3N4. The molecule has 0 spiro atoms. The molecule has 0 aliphatic carbocycles. The molecule has 2 heterocycles. The van der Waals surface area contributed by atoms with E-state index in [2.05, 4.69) is 216 Å². The summed E-state index contributed by atoms with van der Waals surface area (Å²) in [5.41, 5.74) is 21.6. The Morgan fingerprint density at radius 1 is 0.321 bits per heavy atom. The van der Waals surface area contributed by atoms with E-state index in [0.717, 1.165) is 145 Å². The highest BCUT2D eigenvalue weighted by molar-refractivity contribution is 6.14. The van der Waals surface area contributed by atoms with E-state index in [1.165, 1.54) is 6.07 Å². The van der Waals surface area contributed by atoms with Crippen LogP contribution in [0.3, 0.4) is 0 Å². The summed E-state index contributed by atoms with van der Waals surface area (Å²) in [6.45, 7) is 16.7. The lowest BCUT2D eigenvalue weighted by molar-refractivity contribution is -0.137. The van der Waals surface area contributed by atoms with Crippen molar-refractivity contribution in [3.8, 4) is 79.1 Å². The van der Waals surface area contributed by atoms with Crippen molar-refractivity contribution in [2.24, 2.45) is 0 Å². The molecule has 0 unspecified atom stereocenters. The zero-order chi connectivity index (χ0) is 54.5. The Balaban J connectivity index is 1.19. The van der Waals surface area contributed by atoms with E-state index in [1.807, 2.05) is 18.2 Å². The highest BCUT2D eigenvalue weighted by Gasteiger charge is 2.32. The average Bonchev–Trinajstić information content (AvgIpc) is 4.06. The Morgan fingerprint density at radius 3 is 0.962 bits per heavy atom. The summed E-state index contributed by atoms with van der Waals surface area (Å²) in [5, 5.41) is 25.7. The van der Waals surface area contributed by atoms with Gasteiger partial charge in [0.25, 0.3) is 0 Å². The SMILES string of the molecule is Cc1cc(C)cc(-c2ccc3c(c2)c2cc(-c4cc(C)cc(C)c4)ccc2n3-c2cc(-c3cc(C#N)cc(C(F)(F)F)c3)c(-n3c4ccc(-c5cc(C)cc(C)c5)cc4c4cc(-c5cc(C)cc(C)c5)ccc43)cc2C#N)c1. The highest BCUT2D eigenvalue weighted by atomic mass is 19.4. The first-order chi connectivity index (χ1) is 37.4. The molecule has 0 atom stereocenters. The summed E-state index contributed by atoms with van der Waals surface area (Å²) < 4.78 is 49.3. The summed E-state index contributed by atoms with van der Waals surface area (Å²) in [6, 6.07) is 63.3. The molecule has 0 fully saturated rings. The Hall–Kier alpha value is -9.43. The molecule has 4 nitrogen and oxygen atoms in total. The second-order valence-corrected chi connectivity index (χ2v) is 21.5. The fourth-order valence-electron chi connectivity index (χ4n) is 12.1. The number of nitrogens with zero attached hydrogens (tertiary/aromatic N) is 4. The van der Waals surface area contributed by atoms with Crippen molar-refractivity contribution in [2.45, 2.75) is 61.6 Å². The number of hydrogen-bond acceptors (Lipinski definition) is 2. The van der Waals surface area contributed by atoms with Crippen LogP contribution in [0.4, 0.5) is 13.2 Å². The molecule has 0 bridgehead atoms. The van der Waals surface area contributed by atoms with Crippen molar-refractivity contribution in [3.05, 3.63) is 237 Å². The third-order valence-electron chi connectivity index (χ3n) is 15.2. The van der Waals surface area contributed by atoms with Gasteiger partial charge in [-0.1, -0.05) is 142 Å². The first-order valence-corrected chi connectivity index (χ1v) is 26.1. The molecule has 0 aliphatic heterocycles. The summed E-state index contributed by atoms with van der Waals surface area (Å²) in [4.78, 5) is 0. The Labute approximate surface area is 452 Å². The monoisotopic (exact) mass is 1020 g/mol. The lowest BCUT2D eigenvalue weighted by atomic mass is 9.95. The van der Waals surface area contributed by atoms with Gasteiger partial charge in [-0.3, -0.25) is 0 Å². The molecule has 10 aromatic carbocycles. The normalized spacial score (nSPS) is 11.8. The Morgan fingerprint density at radius 2 is 0.654 bits per heavy atom. The van der Waals surface area contributed by atoms with Crippen molar-refractivity contribution >= 4 is 43.6 Å². The summed E-state index contributed by atoms with van der Waals surface area (Å²) >= 11 is 0. The number of nitriles is 2. The van der Waals surface area contributed by atoms with Gasteiger partial charge in [-0.2, -0.15) is 23.7 Å². The molecule has 0 saturated carbocycles. The molecule has 0 aliphatic rings. The second kappa shape index (κ2) is 18.7. The van der Waals surface area contributed by atoms with E-state index in [1.54, 1.807) is 0 Å². The number of rotatable bonds is 7. The van der Waals surface area contributed by atoms with Crippen LogP contribution < -0.4 is 0 Å². The van der Waals surface area contributed by atoms with Crippen molar-refractivity contribution in [3.63, 3.8) is 0 Å². The standard InChI is InChI=1S/C71H53F3N4/c1-40-17-41(2)22-53(21-40)49-9-13-65-61(32-49)62-33-50(54-23-42(3)18-43(4)24-54)10-14-66(62)77(65)69-37-60(57-29-48(38-75)30-59(31-57)71(72,73)74)70(36-58(69)39-76)78-67-15-11-51(55-25-44(5)19-45(6)26-55)34-63(67)64-35-52(12-16-68(64)78)56-27-46(7)20-47(8)28-56/h9-37H,1-8H3. The van der Waals surface area contributed by atoms with Gasteiger partial charge in [0.05, 0.1) is 56.2 Å². The van der Waals surface area contributed by atoms with Crippen LogP contribution in [0.5, 0.6) is 0 Å². The molecule has 7 heteroatoms. The smallest absolute Gasteiger partial charge is 0.309 e. The molecule has 78 heavy (non-hydrogen) atoms. The van der Waals surface area contributed by atoms with Crippen LogP contribution >= 0.6 is 0 Å². The van der Waals surface area contributed by atoms with Crippen LogP contribution in [-0.2, 0) is 6.18 Å². The zero-order valence-corrected chi connectivity index (χ0v) is 44.7. The van der Waals surface area contributed by atoms with Gasteiger partial charge in [0, 0.05) is 27.1 Å². The van der Waals surface area contributed by atoms with Gasteiger partial charge < -0.3 is 9.13 Å². The molecule has 0 N–H and O–H groups in total. The van der Waals surface area contributed by atoms with E-state index in [0.29, 0.717) is 22.5 Å². The van der Waals surface area contributed by atoms with Gasteiger partial charge in [-0.25, -0.2) is 0 Å². The zero-order valence-electron chi connectivity index (χ0n) is 44.7. The predicted octanol–water partition coefficient (Wildman–Crippen LogP) is 19.4. The van der Waals surface area contributed by atoms with Gasteiger partial charge in [0.2, 0.25) is 0 Å². The van der Waals surface area contributed by atoms with Crippen LogP contribution in [0.2, 0.25) is 0 Å². The van der Waals surface area contributed by atoms with Gasteiger partial charge >= 0.3 is 6.18 Å². The van der Waals surface area contributed by atoms with Crippen molar-refractivity contribution < 1.29 is 13.2 Å². The fourth-order valence-corrected chi connectivity index (χ4v) is 12.1. The first kappa shape index (κ1) is 49.4. The number of fused-ring (bicyclic) bond motifs is 6. The largest absolute Gasteiger partial charge is 0.416 e. The maximum Gasteiger partial charge on any atom is 0.416 e. The van der Waals surface area contributed by atoms with Gasteiger partial charge in [-0.05, 0) is 184 Å². The maximum absolute atomic E-state index is 15.1. The Bertz CT molecular complexity index is 4310. The van der Waals surface area contributed by atoms with Crippen molar-refractivity contribution in [1.82, 2.24) is 9.13 Å². The third kappa shape index (κ3) is 8.78. The van der Waals surface area contributed by atoms with E-state index in [-0.39, 0.29) is 11.1 Å². The number of halogens is 3. The van der Waals surface area contributed by atoms with E-state index in [4.69, 9.17) is 0 Å². The molecule has 2 aromatic heterocycles. The minimum atomic E-state index is -4.76. The number of benzene rings is 10. The molecule has 0 radical (unpaired) electrons. The van der Waals surface area contributed by atoms with Gasteiger partial charge in [0.1, 0.15) is 6.07 Å². The van der Waals surface area contributed by atoms with Gasteiger partial charge in [0.15, 0.2) is 0 Å². The topological polar surface area (TPSA) is 57.4 Å². The van der Waals surface area contributed by atoms with Crippen molar-refractivity contribution in [2.75, 3.05) is 0 Å². The number of aromatic nitrogens is 2. The van der Waals surface area contributed by atoms with Crippen LogP contribution in [0.15, 0.2) is 176 Å². The average molecular weight is 1020 g/mol. The molecule has 378 valence electrons. The molecule has 12 rings (SSSR count).